The topological polar surface area (TPSA) is 150 Å². The van der Waals surface area contributed by atoms with Gasteiger partial charge in [-0.05, 0) is 29.8 Å². The standard InChI is InChI=1S/C24H23N5O4/c25-23(16-6-2-1-3-7-16)28-19-10-4-8-17(12-19)24(33)27-15-21(30)29-20(13-22(31)32)18-9-5-11-26-14-18/h1-12,14,20H,13,15H2,(H2,25,28)(H,27,33)(H,29,30)(H,31,32)/p-1. The molecule has 0 fully saturated rings. The number of aliphatic carboxylic acids is 1. The number of aromatic nitrogens is 1. The number of nitrogens with zero attached hydrogens (tertiary/aromatic N) is 2. The average Bonchev–Trinajstić information content (AvgIpc) is 2.83. The fourth-order valence-electron chi connectivity index (χ4n) is 3.04. The Hall–Kier alpha value is -4.53. The number of carboxylic acid groups (broad SMARTS) is 1. The van der Waals surface area contributed by atoms with Crippen molar-refractivity contribution in [1.29, 1.82) is 0 Å². The van der Waals surface area contributed by atoms with Crippen LogP contribution in [0.3, 0.4) is 0 Å². The van der Waals surface area contributed by atoms with E-state index in [1.54, 1.807) is 36.4 Å². The molecule has 0 saturated carbocycles. The number of benzene rings is 2. The van der Waals surface area contributed by atoms with Crippen LogP contribution in [0.25, 0.3) is 0 Å². The van der Waals surface area contributed by atoms with E-state index in [-0.39, 0.29) is 6.54 Å². The molecule has 33 heavy (non-hydrogen) atoms. The number of rotatable bonds is 9. The van der Waals surface area contributed by atoms with Crippen molar-refractivity contribution in [3.63, 3.8) is 0 Å². The van der Waals surface area contributed by atoms with E-state index in [0.717, 1.165) is 5.56 Å². The maximum absolute atomic E-state index is 12.5. The van der Waals surface area contributed by atoms with Crippen LogP contribution in [0.5, 0.6) is 0 Å². The molecule has 9 heteroatoms. The van der Waals surface area contributed by atoms with Crippen LogP contribution in [0.15, 0.2) is 84.1 Å². The molecule has 2 aromatic carbocycles. The van der Waals surface area contributed by atoms with Gasteiger partial charge in [-0.2, -0.15) is 0 Å². The number of hydrogen-bond acceptors (Lipinski definition) is 6. The maximum atomic E-state index is 12.5. The zero-order valence-electron chi connectivity index (χ0n) is 17.6. The van der Waals surface area contributed by atoms with Crippen molar-refractivity contribution in [2.45, 2.75) is 12.5 Å². The number of aliphatic imine (C=N–C) groups is 1. The van der Waals surface area contributed by atoms with E-state index in [9.17, 15) is 19.5 Å². The van der Waals surface area contributed by atoms with Crippen LogP contribution >= 0.6 is 0 Å². The molecule has 0 bridgehead atoms. The van der Waals surface area contributed by atoms with Gasteiger partial charge in [0.2, 0.25) is 5.91 Å². The summed E-state index contributed by atoms with van der Waals surface area (Å²) in [6.45, 7) is -0.345. The van der Waals surface area contributed by atoms with Gasteiger partial charge >= 0.3 is 0 Å². The van der Waals surface area contributed by atoms with E-state index in [0.29, 0.717) is 22.6 Å². The quantitative estimate of drug-likeness (QED) is 0.329. The molecular formula is C24H22N5O4-. The zero-order valence-corrected chi connectivity index (χ0v) is 17.6. The highest BCUT2D eigenvalue weighted by molar-refractivity contribution is 6.00. The molecule has 9 nitrogen and oxygen atoms in total. The molecular weight excluding hydrogens is 422 g/mol. The van der Waals surface area contributed by atoms with Crippen molar-refractivity contribution in [3.8, 4) is 0 Å². The normalized spacial score (nSPS) is 11.9. The van der Waals surface area contributed by atoms with Crippen LogP contribution in [0.4, 0.5) is 5.69 Å². The Labute approximate surface area is 190 Å². The van der Waals surface area contributed by atoms with Crippen molar-refractivity contribution >= 4 is 29.3 Å². The van der Waals surface area contributed by atoms with Crippen LogP contribution in [-0.2, 0) is 9.59 Å². The molecule has 1 atom stereocenters. The van der Waals surface area contributed by atoms with Gasteiger partial charge in [0.15, 0.2) is 0 Å². The Morgan fingerprint density at radius 2 is 1.76 bits per heavy atom. The third-order valence-corrected chi connectivity index (χ3v) is 4.63. The van der Waals surface area contributed by atoms with E-state index in [1.165, 1.54) is 12.4 Å². The largest absolute Gasteiger partial charge is 0.550 e. The third kappa shape index (κ3) is 7.00. The molecule has 3 rings (SSSR count). The molecule has 0 aliphatic heterocycles. The highest BCUT2D eigenvalue weighted by Crippen LogP contribution is 2.16. The minimum Gasteiger partial charge on any atom is -0.550 e. The van der Waals surface area contributed by atoms with E-state index < -0.39 is 30.2 Å². The van der Waals surface area contributed by atoms with Gasteiger partial charge in [0.25, 0.3) is 5.91 Å². The minimum absolute atomic E-state index is 0.295. The molecule has 1 heterocycles. The Morgan fingerprint density at radius 1 is 1.00 bits per heavy atom. The minimum atomic E-state index is -1.32. The second-order valence-electron chi connectivity index (χ2n) is 7.08. The summed E-state index contributed by atoms with van der Waals surface area (Å²) in [4.78, 5) is 44.1. The number of carbonyl (C=O) groups is 3. The number of pyridine rings is 1. The van der Waals surface area contributed by atoms with Crippen LogP contribution < -0.4 is 21.5 Å². The lowest BCUT2D eigenvalue weighted by Gasteiger charge is -2.19. The molecule has 4 N–H and O–H groups in total. The molecule has 0 spiro atoms. The molecule has 2 amide bonds. The molecule has 0 radical (unpaired) electrons. The first-order chi connectivity index (χ1) is 15.9. The SMILES string of the molecule is NC(=Nc1cccc(C(=O)NCC(=O)NC(CC(=O)[O-])c2cccnc2)c1)c1ccccc1. The predicted molar refractivity (Wildman–Crippen MR) is 120 cm³/mol. The summed E-state index contributed by atoms with van der Waals surface area (Å²) in [5, 5.41) is 16.1. The van der Waals surface area contributed by atoms with Crippen LogP contribution in [0, 0.1) is 0 Å². The summed E-state index contributed by atoms with van der Waals surface area (Å²) in [5.41, 5.74) is 8.08. The Balaban J connectivity index is 1.61. The maximum Gasteiger partial charge on any atom is 0.251 e. The number of amidine groups is 1. The van der Waals surface area contributed by atoms with Crippen LogP contribution in [0.1, 0.15) is 33.9 Å². The lowest BCUT2D eigenvalue weighted by molar-refractivity contribution is -0.306. The lowest BCUT2D eigenvalue weighted by Crippen LogP contribution is -2.40. The predicted octanol–water partition coefficient (Wildman–Crippen LogP) is 0.846. The Kier molecular flexibility index (Phi) is 7.85. The summed E-state index contributed by atoms with van der Waals surface area (Å²) in [5.74, 6) is -2.05. The van der Waals surface area contributed by atoms with Gasteiger partial charge in [-0.1, -0.05) is 42.5 Å². The first-order valence-corrected chi connectivity index (χ1v) is 10.1. The highest BCUT2D eigenvalue weighted by Gasteiger charge is 2.16. The number of nitrogens with one attached hydrogen (secondary N) is 2. The fraction of sp³-hybridized carbons (Fsp3) is 0.125. The second-order valence-corrected chi connectivity index (χ2v) is 7.08. The lowest BCUT2D eigenvalue weighted by atomic mass is 10.1. The van der Waals surface area contributed by atoms with Gasteiger partial charge in [0.1, 0.15) is 5.84 Å². The van der Waals surface area contributed by atoms with Gasteiger partial charge in [-0.3, -0.25) is 14.6 Å². The molecule has 168 valence electrons. The number of carboxylic acids is 1. The van der Waals surface area contributed by atoms with Gasteiger partial charge in [0.05, 0.1) is 18.3 Å². The van der Waals surface area contributed by atoms with Crippen molar-refractivity contribution in [3.05, 3.63) is 95.8 Å². The van der Waals surface area contributed by atoms with E-state index in [1.807, 2.05) is 30.3 Å². The first-order valence-electron chi connectivity index (χ1n) is 10.1. The summed E-state index contributed by atoms with van der Waals surface area (Å²) in [6.07, 6.45) is 2.57. The molecule has 0 aliphatic carbocycles. The number of amides is 2. The van der Waals surface area contributed by atoms with Gasteiger partial charge in [-0.15, -0.1) is 0 Å². The van der Waals surface area contributed by atoms with Crippen LogP contribution in [-0.4, -0.2) is 35.1 Å². The number of nitrogens with two attached hydrogens (primary N) is 1. The van der Waals surface area contributed by atoms with Gasteiger partial charge < -0.3 is 26.3 Å². The molecule has 3 aromatic rings. The third-order valence-electron chi connectivity index (χ3n) is 4.63. The molecule has 0 saturated heterocycles. The summed E-state index contributed by atoms with van der Waals surface area (Å²) < 4.78 is 0. The van der Waals surface area contributed by atoms with Crippen molar-refractivity contribution < 1.29 is 19.5 Å². The first kappa shape index (κ1) is 23.1. The molecule has 0 aliphatic rings. The van der Waals surface area contributed by atoms with Gasteiger partial charge in [-0.25, -0.2) is 4.99 Å². The Bertz CT molecular complexity index is 1150. The van der Waals surface area contributed by atoms with Gasteiger partial charge in [0, 0.05) is 35.9 Å². The van der Waals surface area contributed by atoms with Crippen molar-refractivity contribution in [2.24, 2.45) is 10.7 Å². The molecule has 1 aromatic heterocycles. The van der Waals surface area contributed by atoms with Crippen LogP contribution in [0.2, 0.25) is 0 Å². The van der Waals surface area contributed by atoms with E-state index >= 15 is 0 Å². The van der Waals surface area contributed by atoms with E-state index in [4.69, 9.17) is 5.73 Å². The summed E-state index contributed by atoms with van der Waals surface area (Å²) in [7, 11) is 0. The van der Waals surface area contributed by atoms with Crippen molar-refractivity contribution in [2.75, 3.05) is 6.54 Å². The van der Waals surface area contributed by atoms with Crippen molar-refractivity contribution in [1.82, 2.24) is 15.6 Å². The second kappa shape index (κ2) is 11.2. The van der Waals surface area contributed by atoms with E-state index in [2.05, 4.69) is 20.6 Å². The highest BCUT2D eigenvalue weighted by atomic mass is 16.4. The number of hydrogen-bond donors (Lipinski definition) is 3. The summed E-state index contributed by atoms with van der Waals surface area (Å²) in [6, 6.07) is 18.2. The Morgan fingerprint density at radius 3 is 2.45 bits per heavy atom. The average molecular weight is 444 g/mol. The number of carbonyl (C=O) groups excluding carboxylic acids is 3. The monoisotopic (exact) mass is 444 g/mol. The summed E-state index contributed by atoms with van der Waals surface area (Å²) >= 11 is 0. The smallest absolute Gasteiger partial charge is 0.251 e. The fourth-order valence-corrected chi connectivity index (χ4v) is 3.04. The zero-order chi connectivity index (χ0) is 23.6. The molecule has 1 unspecified atom stereocenters.